The Morgan fingerprint density at radius 3 is 3.00 bits per heavy atom. The Morgan fingerprint density at radius 1 is 1.47 bits per heavy atom. The van der Waals surface area contributed by atoms with E-state index in [-0.39, 0.29) is 5.82 Å². The highest BCUT2D eigenvalue weighted by molar-refractivity contribution is 9.10. The van der Waals surface area contributed by atoms with E-state index in [0.29, 0.717) is 34.7 Å². The molecule has 90 valence electrons. The van der Waals surface area contributed by atoms with Gasteiger partial charge in [0, 0.05) is 19.0 Å². The van der Waals surface area contributed by atoms with Crippen LogP contribution >= 0.6 is 15.9 Å². The molecule has 0 saturated carbocycles. The lowest BCUT2D eigenvalue weighted by atomic mass is 10.2. The summed E-state index contributed by atoms with van der Waals surface area (Å²) >= 11 is 3.10. The molecule has 2 rings (SSSR count). The van der Waals surface area contributed by atoms with Gasteiger partial charge in [0.05, 0.1) is 15.8 Å². The molecule has 2 aromatic rings. The number of rotatable bonds is 4. The summed E-state index contributed by atoms with van der Waals surface area (Å²) in [6.45, 7) is 0.574. The Hall–Kier alpha value is -1.63. The van der Waals surface area contributed by atoms with E-state index in [2.05, 4.69) is 31.4 Å². The molecule has 17 heavy (non-hydrogen) atoms. The van der Waals surface area contributed by atoms with Crippen LogP contribution in [-0.2, 0) is 6.42 Å². The minimum absolute atomic E-state index is 0.358. The number of halogens is 2. The molecule has 0 fully saturated rings. The molecule has 0 unspecified atom stereocenters. The van der Waals surface area contributed by atoms with Crippen molar-refractivity contribution in [3.63, 3.8) is 0 Å². The first kappa shape index (κ1) is 11.8. The third kappa shape index (κ3) is 2.94. The highest BCUT2D eigenvalue weighted by Crippen LogP contribution is 2.26. The molecule has 5 nitrogen and oxygen atoms in total. The third-order valence-electron chi connectivity index (χ3n) is 2.15. The first-order valence-corrected chi connectivity index (χ1v) is 5.70. The molecule has 0 saturated heterocycles. The summed E-state index contributed by atoms with van der Waals surface area (Å²) in [4.78, 5) is 3.88. The fourth-order valence-corrected chi connectivity index (χ4v) is 1.67. The van der Waals surface area contributed by atoms with Crippen molar-refractivity contribution in [3.05, 3.63) is 34.6 Å². The largest absolute Gasteiger partial charge is 0.397 e. The first-order chi connectivity index (χ1) is 8.16. The molecule has 1 heterocycles. The first-order valence-electron chi connectivity index (χ1n) is 4.91. The molecule has 0 aliphatic carbocycles. The zero-order valence-electron chi connectivity index (χ0n) is 8.78. The fourth-order valence-electron chi connectivity index (χ4n) is 1.33. The molecule has 1 aromatic carbocycles. The molecule has 0 amide bonds. The van der Waals surface area contributed by atoms with Crippen molar-refractivity contribution in [2.24, 2.45) is 0 Å². The van der Waals surface area contributed by atoms with Crippen LogP contribution in [0.1, 0.15) is 5.89 Å². The predicted molar refractivity (Wildman–Crippen MR) is 65.0 cm³/mol. The Morgan fingerprint density at radius 2 is 2.29 bits per heavy atom. The Kier molecular flexibility index (Phi) is 3.58. The smallest absolute Gasteiger partial charge is 0.228 e. The van der Waals surface area contributed by atoms with Gasteiger partial charge in [-0.05, 0) is 22.0 Å². The number of hydrogen-bond donors (Lipinski definition) is 2. The van der Waals surface area contributed by atoms with Gasteiger partial charge in [0.25, 0.3) is 0 Å². The number of nitrogen functional groups attached to an aromatic ring is 1. The van der Waals surface area contributed by atoms with Gasteiger partial charge < -0.3 is 15.6 Å². The van der Waals surface area contributed by atoms with Crippen LogP contribution in [-0.4, -0.2) is 16.7 Å². The monoisotopic (exact) mass is 300 g/mol. The van der Waals surface area contributed by atoms with E-state index in [9.17, 15) is 4.39 Å². The summed E-state index contributed by atoms with van der Waals surface area (Å²) < 4.78 is 18.3. The fraction of sp³-hybridized carbons (Fsp3) is 0.200. The van der Waals surface area contributed by atoms with Gasteiger partial charge >= 0.3 is 0 Å². The Balaban J connectivity index is 1.97. The highest BCUT2D eigenvalue weighted by atomic mass is 79.9. The van der Waals surface area contributed by atoms with Gasteiger partial charge in [-0.3, -0.25) is 0 Å². The molecule has 1 aromatic heterocycles. The van der Waals surface area contributed by atoms with Crippen molar-refractivity contribution in [2.45, 2.75) is 6.42 Å². The lowest BCUT2D eigenvalue weighted by Gasteiger charge is -2.09. The van der Waals surface area contributed by atoms with Crippen LogP contribution in [0.15, 0.2) is 27.5 Å². The van der Waals surface area contributed by atoms with Crippen LogP contribution in [0.4, 0.5) is 15.8 Å². The van der Waals surface area contributed by atoms with E-state index in [1.807, 2.05) is 0 Å². The summed E-state index contributed by atoms with van der Waals surface area (Å²) in [5.41, 5.74) is 6.70. The molecule has 0 spiro atoms. The summed E-state index contributed by atoms with van der Waals surface area (Å²) in [5.74, 6) is 0.155. The van der Waals surface area contributed by atoms with Crippen molar-refractivity contribution in [2.75, 3.05) is 17.6 Å². The van der Waals surface area contributed by atoms with Gasteiger partial charge in [-0.25, -0.2) is 4.39 Å². The van der Waals surface area contributed by atoms with Gasteiger partial charge in [-0.2, -0.15) is 4.98 Å². The maximum Gasteiger partial charge on any atom is 0.228 e. The van der Waals surface area contributed by atoms with Crippen molar-refractivity contribution >= 4 is 27.3 Å². The molecule has 0 aliphatic heterocycles. The minimum atomic E-state index is -0.384. The van der Waals surface area contributed by atoms with E-state index in [1.54, 1.807) is 6.07 Å². The highest BCUT2D eigenvalue weighted by Gasteiger charge is 2.06. The topological polar surface area (TPSA) is 77.0 Å². The zero-order chi connectivity index (χ0) is 12.3. The van der Waals surface area contributed by atoms with Crippen molar-refractivity contribution in [3.8, 4) is 0 Å². The minimum Gasteiger partial charge on any atom is -0.397 e. The molecule has 0 atom stereocenters. The maximum atomic E-state index is 13.1. The predicted octanol–water partition coefficient (Wildman–Crippen LogP) is 2.21. The lowest BCUT2D eigenvalue weighted by molar-refractivity contribution is 0.380. The third-order valence-corrected chi connectivity index (χ3v) is 2.76. The van der Waals surface area contributed by atoms with E-state index < -0.39 is 0 Å². The van der Waals surface area contributed by atoms with Crippen molar-refractivity contribution < 1.29 is 8.91 Å². The number of nitrogens with zero attached hydrogens (tertiary/aromatic N) is 2. The van der Waals surface area contributed by atoms with Gasteiger partial charge in [0.15, 0.2) is 6.33 Å². The number of benzene rings is 1. The molecular weight excluding hydrogens is 291 g/mol. The molecule has 3 N–H and O–H groups in total. The molecule has 0 bridgehead atoms. The van der Waals surface area contributed by atoms with Crippen LogP contribution in [0.25, 0.3) is 0 Å². The molecule has 0 aliphatic rings. The summed E-state index contributed by atoms with van der Waals surface area (Å²) in [5, 5.41) is 6.57. The van der Waals surface area contributed by atoms with Crippen LogP contribution in [0, 0.1) is 5.82 Å². The second kappa shape index (κ2) is 5.13. The zero-order valence-corrected chi connectivity index (χ0v) is 10.4. The number of nitrogens with two attached hydrogens (primary N) is 1. The van der Waals surface area contributed by atoms with Gasteiger partial charge in [-0.1, -0.05) is 5.16 Å². The second-order valence-electron chi connectivity index (χ2n) is 3.37. The summed E-state index contributed by atoms with van der Waals surface area (Å²) in [6, 6.07) is 2.86. The molecule has 7 heteroatoms. The lowest BCUT2D eigenvalue weighted by Crippen LogP contribution is -2.07. The number of nitrogens with one attached hydrogen (secondary N) is 1. The van der Waals surface area contributed by atoms with E-state index in [1.165, 1.54) is 12.4 Å². The summed E-state index contributed by atoms with van der Waals surface area (Å²) in [7, 11) is 0. The Labute approximate surface area is 105 Å². The quantitative estimate of drug-likeness (QED) is 0.847. The average molecular weight is 301 g/mol. The van der Waals surface area contributed by atoms with Gasteiger partial charge in [0.2, 0.25) is 5.89 Å². The van der Waals surface area contributed by atoms with Crippen LogP contribution in [0.5, 0.6) is 0 Å². The summed E-state index contributed by atoms with van der Waals surface area (Å²) in [6.07, 6.45) is 1.92. The normalized spacial score (nSPS) is 10.5. The number of aromatic nitrogens is 2. The van der Waals surface area contributed by atoms with E-state index in [4.69, 9.17) is 10.3 Å². The standard InChI is InChI=1S/C10H10BrFN4O/c11-6-3-9(8(13)4-7(6)12)14-2-1-10-15-5-16-17-10/h3-5,14H,1-2,13H2. The van der Waals surface area contributed by atoms with Crippen molar-refractivity contribution in [1.29, 1.82) is 0 Å². The Bertz CT molecular complexity index is 503. The van der Waals surface area contributed by atoms with E-state index in [0.717, 1.165) is 0 Å². The number of hydrogen-bond acceptors (Lipinski definition) is 5. The van der Waals surface area contributed by atoms with Crippen LogP contribution < -0.4 is 11.1 Å². The number of anilines is 2. The van der Waals surface area contributed by atoms with Crippen molar-refractivity contribution in [1.82, 2.24) is 10.1 Å². The second-order valence-corrected chi connectivity index (χ2v) is 4.22. The average Bonchev–Trinajstić information content (AvgIpc) is 2.78. The SMILES string of the molecule is Nc1cc(F)c(Br)cc1NCCc1ncno1. The van der Waals surface area contributed by atoms with Crippen LogP contribution in [0.3, 0.4) is 0 Å². The van der Waals surface area contributed by atoms with Crippen LogP contribution in [0.2, 0.25) is 0 Å². The van der Waals surface area contributed by atoms with Gasteiger partial charge in [-0.15, -0.1) is 0 Å². The molecular formula is C10H10BrFN4O. The van der Waals surface area contributed by atoms with Gasteiger partial charge in [0.1, 0.15) is 5.82 Å². The maximum absolute atomic E-state index is 13.1. The van der Waals surface area contributed by atoms with E-state index >= 15 is 0 Å². The molecule has 0 radical (unpaired) electrons.